The number of nitrogens with one attached hydrogen (secondary N) is 1. The molecular weight excluding hydrogens is 326 g/mol. The van der Waals surface area contributed by atoms with Gasteiger partial charge in [-0.25, -0.2) is 0 Å². The van der Waals surface area contributed by atoms with Gasteiger partial charge < -0.3 is 10.2 Å². The number of carbonyl (C=O) groups excluding carboxylic acids is 2. The minimum absolute atomic E-state index is 0.121. The smallest absolute Gasteiger partial charge is 0.254 e. The molecule has 2 heterocycles. The summed E-state index contributed by atoms with van der Waals surface area (Å²) in [5, 5.41) is 3.57. The fourth-order valence-corrected chi connectivity index (χ4v) is 2.98. The highest BCUT2D eigenvalue weighted by Gasteiger charge is 2.34. The molecule has 3 rings (SSSR count). The van der Waals surface area contributed by atoms with Gasteiger partial charge in [-0.2, -0.15) is 0 Å². The second-order valence-corrected chi connectivity index (χ2v) is 6.17. The van der Waals surface area contributed by atoms with E-state index < -0.39 is 6.04 Å². The van der Waals surface area contributed by atoms with Crippen molar-refractivity contribution in [1.82, 2.24) is 15.2 Å². The number of pyridine rings is 1. The van der Waals surface area contributed by atoms with Crippen molar-refractivity contribution < 1.29 is 9.59 Å². The monoisotopic (exact) mass is 343 g/mol. The molecular formula is C18H18ClN3O2. The molecule has 0 aliphatic carbocycles. The summed E-state index contributed by atoms with van der Waals surface area (Å²) in [6.07, 6.45) is 4.68. The molecule has 1 saturated heterocycles. The summed E-state index contributed by atoms with van der Waals surface area (Å²) in [5.74, 6) is -0.244. The van der Waals surface area contributed by atoms with Crippen molar-refractivity contribution in [1.29, 1.82) is 0 Å². The van der Waals surface area contributed by atoms with Crippen LogP contribution in [0.3, 0.4) is 0 Å². The minimum atomic E-state index is -0.419. The highest BCUT2D eigenvalue weighted by atomic mass is 35.5. The number of carbonyl (C=O) groups is 2. The molecule has 5 nitrogen and oxygen atoms in total. The Kier molecular flexibility index (Phi) is 5.11. The van der Waals surface area contributed by atoms with Crippen LogP contribution in [0.25, 0.3) is 0 Å². The molecule has 2 aromatic rings. The lowest BCUT2D eigenvalue weighted by Crippen LogP contribution is -2.45. The number of halogens is 1. The lowest BCUT2D eigenvalue weighted by atomic mass is 10.1. The van der Waals surface area contributed by atoms with Crippen LogP contribution < -0.4 is 5.32 Å². The molecule has 1 aromatic heterocycles. The third kappa shape index (κ3) is 3.74. The zero-order valence-electron chi connectivity index (χ0n) is 13.1. The highest BCUT2D eigenvalue weighted by molar-refractivity contribution is 6.30. The van der Waals surface area contributed by atoms with Crippen molar-refractivity contribution in [3.8, 4) is 0 Å². The Morgan fingerprint density at radius 2 is 1.88 bits per heavy atom. The number of nitrogens with zero attached hydrogens (tertiary/aromatic N) is 2. The van der Waals surface area contributed by atoms with Crippen LogP contribution >= 0.6 is 11.6 Å². The van der Waals surface area contributed by atoms with Crippen molar-refractivity contribution in [2.45, 2.75) is 25.4 Å². The van der Waals surface area contributed by atoms with Gasteiger partial charge in [0.25, 0.3) is 5.91 Å². The van der Waals surface area contributed by atoms with Gasteiger partial charge in [0.05, 0.1) is 0 Å². The van der Waals surface area contributed by atoms with Crippen LogP contribution in [0.5, 0.6) is 0 Å². The van der Waals surface area contributed by atoms with E-state index >= 15 is 0 Å². The molecule has 2 amide bonds. The Bertz CT molecular complexity index is 719. The van der Waals surface area contributed by atoms with Crippen LogP contribution in [0.2, 0.25) is 5.02 Å². The number of hydrogen-bond donors (Lipinski definition) is 1. The predicted molar refractivity (Wildman–Crippen MR) is 91.6 cm³/mol. The first-order chi connectivity index (χ1) is 11.6. The van der Waals surface area contributed by atoms with E-state index in [0.717, 1.165) is 12.0 Å². The van der Waals surface area contributed by atoms with Gasteiger partial charge in [-0.05, 0) is 42.7 Å². The van der Waals surface area contributed by atoms with E-state index in [1.54, 1.807) is 41.6 Å². The Morgan fingerprint density at radius 1 is 1.17 bits per heavy atom. The van der Waals surface area contributed by atoms with Gasteiger partial charge in [0, 0.05) is 36.1 Å². The number of benzene rings is 1. The molecule has 1 fully saturated rings. The molecule has 24 heavy (non-hydrogen) atoms. The van der Waals surface area contributed by atoms with Crippen molar-refractivity contribution in [2.24, 2.45) is 0 Å². The molecule has 0 bridgehead atoms. The van der Waals surface area contributed by atoms with Gasteiger partial charge in [0.1, 0.15) is 6.04 Å². The summed E-state index contributed by atoms with van der Waals surface area (Å²) in [6, 6.07) is 10.2. The molecule has 6 heteroatoms. The lowest BCUT2D eigenvalue weighted by Gasteiger charge is -2.24. The highest BCUT2D eigenvalue weighted by Crippen LogP contribution is 2.20. The molecule has 0 spiro atoms. The first-order valence-electron chi connectivity index (χ1n) is 7.88. The summed E-state index contributed by atoms with van der Waals surface area (Å²) < 4.78 is 0. The summed E-state index contributed by atoms with van der Waals surface area (Å²) in [6.45, 7) is 1.02. The van der Waals surface area contributed by atoms with Gasteiger partial charge in [0.2, 0.25) is 5.91 Å². The number of aromatic nitrogens is 1. The average molecular weight is 344 g/mol. The first kappa shape index (κ1) is 16.5. The summed E-state index contributed by atoms with van der Waals surface area (Å²) in [5.41, 5.74) is 1.53. The minimum Gasteiger partial charge on any atom is -0.350 e. The van der Waals surface area contributed by atoms with Crippen molar-refractivity contribution >= 4 is 23.4 Å². The van der Waals surface area contributed by atoms with Crippen LogP contribution in [0.4, 0.5) is 0 Å². The molecule has 1 aliphatic heterocycles. The Hall–Kier alpha value is -2.40. The normalized spacial score (nSPS) is 16.9. The maximum Gasteiger partial charge on any atom is 0.254 e. The number of hydrogen-bond acceptors (Lipinski definition) is 3. The van der Waals surface area contributed by atoms with Gasteiger partial charge in [0.15, 0.2) is 0 Å². The first-order valence-corrected chi connectivity index (χ1v) is 8.26. The van der Waals surface area contributed by atoms with Crippen LogP contribution in [-0.2, 0) is 11.3 Å². The van der Waals surface area contributed by atoms with E-state index in [-0.39, 0.29) is 11.8 Å². The zero-order valence-corrected chi connectivity index (χ0v) is 13.9. The number of likely N-dealkylation sites (tertiary alicyclic amines) is 1. The third-order valence-corrected chi connectivity index (χ3v) is 4.38. The second-order valence-electron chi connectivity index (χ2n) is 5.74. The summed E-state index contributed by atoms with van der Waals surface area (Å²) in [4.78, 5) is 30.6. The maximum absolute atomic E-state index is 12.6. The van der Waals surface area contributed by atoms with Crippen LogP contribution in [-0.4, -0.2) is 34.3 Å². The molecule has 0 radical (unpaired) electrons. The van der Waals surface area contributed by atoms with E-state index in [1.165, 1.54) is 0 Å². The second kappa shape index (κ2) is 7.45. The fraction of sp³-hybridized carbons (Fsp3) is 0.278. The Balaban J connectivity index is 1.63. The van der Waals surface area contributed by atoms with E-state index in [2.05, 4.69) is 10.3 Å². The molecule has 1 aliphatic rings. The molecule has 1 aromatic carbocycles. The largest absolute Gasteiger partial charge is 0.350 e. The average Bonchev–Trinajstić information content (AvgIpc) is 3.11. The van der Waals surface area contributed by atoms with E-state index in [0.29, 0.717) is 30.1 Å². The van der Waals surface area contributed by atoms with Crippen molar-refractivity contribution in [3.63, 3.8) is 0 Å². The Labute approximate surface area is 145 Å². The fourth-order valence-electron chi connectivity index (χ4n) is 2.85. The lowest BCUT2D eigenvalue weighted by molar-refractivity contribution is -0.125. The number of rotatable bonds is 4. The van der Waals surface area contributed by atoms with E-state index in [1.807, 2.05) is 12.1 Å². The summed E-state index contributed by atoms with van der Waals surface area (Å²) in [7, 11) is 0. The quantitative estimate of drug-likeness (QED) is 0.928. The Morgan fingerprint density at radius 3 is 2.58 bits per heavy atom. The molecule has 0 saturated carbocycles. The van der Waals surface area contributed by atoms with Crippen LogP contribution in [0.15, 0.2) is 48.8 Å². The van der Waals surface area contributed by atoms with Gasteiger partial charge in [-0.1, -0.05) is 23.7 Å². The summed E-state index contributed by atoms with van der Waals surface area (Å²) >= 11 is 5.85. The SMILES string of the molecule is O=C(NCc1ccc(Cl)cc1)[C@@H]1CCCN1C(=O)c1ccncc1. The van der Waals surface area contributed by atoms with E-state index in [9.17, 15) is 9.59 Å². The molecule has 0 unspecified atom stereocenters. The van der Waals surface area contributed by atoms with Crippen LogP contribution in [0, 0.1) is 0 Å². The topological polar surface area (TPSA) is 62.3 Å². The maximum atomic E-state index is 12.6. The third-order valence-electron chi connectivity index (χ3n) is 4.12. The standard InChI is InChI=1S/C18H18ClN3O2/c19-15-5-3-13(4-6-15)12-21-17(23)16-2-1-11-22(16)18(24)14-7-9-20-10-8-14/h3-10,16H,1-2,11-12H2,(H,21,23)/t16-/m0/s1. The number of amides is 2. The molecule has 124 valence electrons. The van der Waals surface area contributed by atoms with Crippen LogP contribution in [0.1, 0.15) is 28.8 Å². The zero-order chi connectivity index (χ0) is 16.9. The molecule has 1 N–H and O–H groups in total. The van der Waals surface area contributed by atoms with Gasteiger partial charge >= 0.3 is 0 Å². The van der Waals surface area contributed by atoms with Gasteiger partial charge in [-0.3, -0.25) is 14.6 Å². The van der Waals surface area contributed by atoms with Crippen molar-refractivity contribution in [2.75, 3.05) is 6.54 Å². The van der Waals surface area contributed by atoms with E-state index in [4.69, 9.17) is 11.6 Å². The predicted octanol–water partition coefficient (Wildman–Crippen LogP) is 2.66. The van der Waals surface area contributed by atoms with Gasteiger partial charge in [-0.15, -0.1) is 0 Å². The molecule has 1 atom stereocenters. The van der Waals surface area contributed by atoms with Crippen molar-refractivity contribution in [3.05, 3.63) is 64.9 Å².